The Kier molecular flexibility index (Phi) is 4.07. The van der Waals surface area contributed by atoms with Crippen LogP contribution in [0, 0.1) is 17.0 Å². The van der Waals surface area contributed by atoms with Crippen LogP contribution in [0.5, 0.6) is 0 Å². The van der Waals surface area contributed by atoms with Gasteiger partial charge in [0.25, 0.3) is 0 Å². The van der Waals surface area contributed by atoms with E-state index in [9.17, 15) is 0 Å². The summed E-state index contributed by atoms with van der Waals surface area (Å²) in [5, 5.41) is 2.95. The fourth-order valence-corrected chi connectivity index (χ4v) is 2.38. The zero-order valence-electron chi connectivity index (χ0n) is 7.79. The van der Waals surface area contributed by atoms with Gasteiger partial charge in [-0.2, -0.15) is 12.0 Å². The Bertz CT molecular complexity index is 161. The van der Waals surface area contributed by atoms with Crippen molar-refractivity contribution in [3.63, 3.8) is 0 Å². The van der Waals surface area contributed by atoms with Gasteiger partial charge in [0.2, 0.25) is 0 Å². The van der Waals surface area contributed by atoms with E-state index in [0.29, 0.717) is 6.04 Å². The van der Waals surface area contributed by atoms with Crippen molar-refractivity contribution in [3.8, 4) is 5.18 Å². The monoisotopic (exact) mass is 185 g/mol. The molecule has 2 N–H and O–H groups in total. The summed E-state index contributed by atoms with van der Waals surface area (Å²) in [6, 6.07) is 0.418. The minimum atomic E-state index is 0.418. The normalized spacial score (nSPS) is 37.0. The fourth-order valence-electron chi connectivity index (χ4n) is 2.12. The van der Waals surface area contributed by atoms with Crippen LogP contribution in [0.3, 0.4) is 0 Å². The molecule has 3 atom stereocenters. The third-order valence-corrected chi connectivity index (χ3v) is 2.96. The number of hydrogen-bond acceptors (Lipinski definition) is 1. The average Bonchev–Trinajstić information content (AvgIpc) is 2.14. The molecule has 2 heteroatoms. The molecule has 0 aliphatic heterocycles. The molecule has 1 rings (SSSR count). The molecule has 0 heterocycles. The molecule has 1 nitrogen and oxygen atoms in total. The molecule has 0 aromatic heterocycles. The van der Waals surface area contributed by atoms with E-state index in [1.165, 1.54) is 19.3 Å². The lowest BCUT2D eigenvalue weighted by atomic mass is 9.92. The first kappa shape index (κ1) is 10.0. The van der Waals surface area contributed by atoms with Crippen molar-refractivity contribution in [3.05, 3.63) is 0 Å². The summed E-state index contributed by atoms with van der Waals surface area (Å²) in [6.45, 7) is 2.32. The largest absolute Gasteiger partial charge is 0.328 e. The van der Waals surface area contributed by atoms with Crippen molar-refractivity contribution >= 4 is 12.0 Å². The maximum atomic E-state index is 5.96. The van der Waals surface area contributed by atoms with Gasteiger partial charge in [-0.05, 0) is 37.5 Å². The Hall–Kier alpha value is -0.0400. The van der Waals surface area contributed by atoms with Gasteiger partial charge in [-0.15, -0.1) is 0 Å². The van der Waals surface area contributed by atoms with E-state index >= 15 is 0 Å². The van der Waals surface area contributed by atoms with Gasteiger partial charge in [-0.25, -0.2) is 0 Å². The van der Waals surface area contributed by atoms with E-state index in [4.69, 9.17) is 5.73 Å². The molecule has 1 saturated carbocycles. The number of rotatable bonds is 1. The summed E-state index contributed by atoms with van der Waals surface area (Å²) in [6.07, 6.45) is 5.97. The van der Waals surface area contributed by atoms with Crippen LogP contribution in [-0.4, -0.2) is 6.04 Å². The molecule has 1 aliphatic carbocycles. The van der Waals surface area contributed by atoms with E-state index in [2.05, 4.69) is 24.1 Å². The predicted octanol–water partition coefficient (Wildman–Crippen LogP) is 2.42. The molecule has 0 radical (unpaired) electrons. The summed E-state index contributed by atoms with van der Waals surface area (Å²) >= 11 is 4.03. The molecule has 0 spiro atoms. The zero-order valence-corrected chi connectivity index (χ0v) is 8.69. The minimum Gasteiger partial charge on any atom is -0.328 e. The highest BCUT2D eigenvalue weighted by atomic mass is 32.1. The van der Waals surface area contributed by atoms with Crippen molar-refractivity contribution in [2.45, 2.75) is 45.1 Å². The average molecular weight is 185 g/mol. The third kappa shape index (κ3) is 3.14. The van der Waals surface area contributed by atoms with Gasteiger partial charge in [-0.1, -0.05) is 12.1 Å². The fraction of sp³-hybridized carbons (Fsp3) is 0.900. The first-order valence-corrected chi connectivity index (χ1v) is 5.29. The van der Waals surface area contributed by atoms with Crippen molar-refractivity contribution < 1.29 is 0 Å². The van der Waals surface area contributed by atoms with E-state index in [1.807, 2.05) is 0 Å². The topological polar surface area (TPSA) is 26.0 Å². The standard InChI is InChI=1S/C10H19NS/c1-8-2-3-10(11)7-9(6-8)4-5-12/h8-10,12H,2-4,6-7,11H2,1H3/t8-,9?,10?/m0/s1. The smallest absolute Gasteiger partial charge is 0.0137 e. The van der Waals surface area contributed by atoms with Crippen molar-refractivity contribution in [1.29, 1.82) is 0 Å². The van der Waals surface area contributed by atoms with Gasteiger partial charge >= 0.3 is 0 Å². The summed E-state index contributed by atoms with van der Waals surface area (Å²) in [5.41, 5.74) is 5.96. The summed E-state index contributed by atoms with van der Waals surface area (Å²) < 4.78 is 0. The highest BCUT2D eigenvalue weighted by Crippen LogP contribution is 2.28. The highest BCUT2D eigenvalue weighted by Gasteiger charge is 2.20. The Balaban J connectivity index is 2.45. The number of nitrogens with two attached hydrogens (primary N) is 1. The Morgan fingerprint density at radius 1 is 1.42 bits per heavy atom. The maximum Gasteiger partial charge on any atom is 0.0137 e. The molecular formula is C10H19NS. The second-order valence-electron chi connectivity index (χ2n) is 4.14. The Morgan fingerprint density at radius 2 is 2.17 bits per heavy atom. The first-order valence-electron chi connectivity index (χ1n) is 4.85. The Morgan fingerprint density at radius 3 is 2.83 bits per heavy atom. The van der Waals surface area contributed by atoms with Gasteiger partial charge < -0.3 is 5.73 Å². The van der Waals surface area contributed by atoms with Crippen LogP contribution in [0.4, 0.5) is 0 Å². The number of thiol groups is 1. The quantitative estimate of drug-likeness (QED) is 0.476. The summed E-state index contributed by atoms with van der Waals surface area (Å²) in [7, 11) is 0. The third-order valence-electron chi connectivity index (χ3n) is 2.78. The van der Waals surface area contributed by atoms with E-state index < -0.39 is 0 Å². The van der Waals surface area contributed by atoms with Crippen molar-refractivity contribution in [1.82, 2.24) is 0 Å². The minimum absolute atomic E-state index is 0.418. The molecule has 0 bridgehead atoms. The molecule has 1 aliphatic rings. The second-order valence-corrected chi connectivity index (χ2v) is 4.46. The lowest BCUT2D eigenvalue weighted by molar-refractivity contribution is 0.397. The molecule has 0 amide bonds. The van der Waals surface area contributed by atoms with E-state index in [-0.39, 0.29) is 0 Å². The van der Waals surface area contributed by atoms with E-state index in [1.54, 1.807) is 0 Å². The molecule has 0 saturated heterocycles. The molecule has 1 fully saturated rings. The maximum absolute atomic E-state index is 5.96. The summed E-state index contributed by atoms with van der Waals surface area (Å²) in [5.74, 6) is 1.57. The van der Waals surface area contributed by atoms with Crippen LogP contribution in [0.15, 0.2) is 0 Å². The van der Waals surface area contributed by atoms with Gasteiger partial charge in [0, 0.05) is 12.5 Å². The Labute approximate surface area is 80.4 Å². The molecular weight excluding hydrogens is 166 g/mol. The van der Waals surface area contributed by atoms with Crippen LogP contribution in [0.1, 0.15) is 39.0 Å². The first-order chi connectivity index (χ1) is 5.72. The van der Waals surface area contributed by atoms with Crippen LogP contribution in [0.25, 0.3) is 0 Å². The van der Waals surface area contributed by atoms with Gasteiger partial charge in [0.1, 0.15) is 0 Å². The molecule has 12 heavy (non-hydrogen) atoms. The van der Waals surface area contributed by atoms with Gasteiger partial charge in [-0.3, -0.25) is 0 Å². The van der Waals surface area contributed by atoms with Crippen LogP contribution >= 0.6 is 12.0 Å². The SMILES string of the molecule is C[C@H]1CCC(N)CC(CC#[SH])C1. The second kappa shape index (κ2) is 4.86. The highest BCUT2D eigenvalue weighted by molar-refractivity contribution is 7.68. The van der Waals surface area contributed by atoms with Crippen LogP contribution < -0.4 is 5.73 Å². The number of hydrogen-bond donors (Lipinski definition) is 2. The van der Waals surface area contributed by atoms with Crippen molar-refractivity contribution in [2.75, 3.05) is 0 Å². The molecule has 2 unspecified atom stereocenters. The lowest BCUT2D eigenvalue weighted by Crippen LogP contribution is -2.21. The lowest BCUT2D eigenvalue weighted by Gasteiger charge is -2.14. The van der Waals surface area contributed by atoms with Gasteiger partial charge in [0.15, 0.2) is 0 Å². The molecule has 0 aromatic carbocycles. The summed E-state index contributed by atoms with van der Waals surface area (Å²) in [4.78, 5) is 0. The van der Waals surface area contributed by atoms with E-state index in [0.717, 1.165) is 24.7 Å². The van der Waals surface area contributed by atoms with Crippen LogP contribution in [-0.2, 0) is 0 Å². The zero-order chi connectivity index (χ0) is 8.97. The molecule has 0 aromatic rings. The van der Waals surface area contributed by atoms with Crippen molar-refractivity contribution in [2.24, 2.45) is 17.6 Å². The van der Waals surface area contributed by atoms with Crippen LogP contribution in [0.2, 0.25) is 0 Å². The molecule has 70 valence electrons. The van der Waals surface area contributed by atoms with Gasteiger partial charge in [0.05, 0.1) is 0 Å². The predicted molar refractivity (Wildman–Crippen MR) is 56.6 cm³/mol.